The predicted octanol–water partition coefficient (Wildman–Crippen LogP) is 1.51. The van der Waals surface area contributed by atoms with Crippen molar-refractivity contribution in [1.82, 2.24) is 25.3 Å². The molecule has 1 saturated heterocycles. The van der Waals surface area contributed by atoms with Gasteiger partial charge in [-0.1, -0.05) is 6.92 Å². The Labute approximate surface area is 151 Å². The predicted molar refractivity (Wildman–Crippen MR) is 97.4 cm³/mol. The van der Waals surface area contributed by atoms with Gasteiger partial charge in [0.15, 0.2) is 0 Å². The van der Waals surface area contributed by atoms with E-state index >= 15 is 0 Å². The Morgan fingerprint density at radius 1 is 1.39 bits per heavy atom. The zero-order chi connectivity index (χ0) is 15.2. The SMILES string of the molecule is CCCN1CCC(NC(=O)C(NC)c2cnn(C)c2)CC1.Cl.Cl. The van der Waals surface area contributed by atoms with Gasteiger partial charge in [-0.2, -0.15) is 5.10 Å². The number of nitrogens with zero attached hydrogens (tertiary/aromatic N) is 3. The largest absolute Gasteiger partial charge is 0.352 e. The van der Waals surface area contributed by atoms with Crippen molar-refractivity contribution >= 4 is 30.7 Å². The zero-order valence-corrected chi connectivity index (χ0v) is 15.8. The Morgan fingerprint density at radius 3 is 2.52 bits per heavy atom. The number of rotatable bonds is 6. The third-order valence-corrected chi connectivity index (χ3v) is 4.08. The molecular weight excluding hydrogens is 337 g/mol. The lowest BCUT2D eigenvalue weighted by atomic mass is 10.0. The number of aromatic nitrogens is 2. The molecule has 1 aromatic heterocycles. The minimum atomic E-state index is -0.327. The fourth-order valence-corrected chi connectivity index (χ4v) is 2.94. The highest BCUT2D eigenvalue weighted by atomic mass is 35.5. The maximum atomic E-state index is 12.4. The van der Waals surface area contributed by atoms with Crippen LogP contribution in [-0.2, 0) is 11.8 Å². The molecule has 1 amide bonds. The monoisotopic (exact) mass is 365 g/mol. The number of hydrogen-bond acceptors (Lipinski definition) is 4. The molecule has 0 aliphatic carbocycles. The number of aryl methyl sites for hydroxylation is 1. The van der Waals surface area contributed by atoms with E-state index in [0.717, 1.165) is 38.0 Å². The Hall–Kier alpha value is -0.820. The van der Waals surface area contributed by atoms with Crippen molar-refractivity contribution in [2.24, 2.45) is 7.05 Å². The van der Waals surface area contributed by atoms with Gasteiger partial charge in [-0.15, -0.1) is 24.8 Å². The number of hydrogen-bond donors (Lipinski definition) is 2. The smallest absolute Gasteiger partial charge is 0.242 e. The molecule has 0 radical (unpaired) electrons. The molecule has 2 rings (SSSR count). The summed E-state index contributed by atoms with van der Waals surface area (Å²) in [4.78, 5) is 14.9. The summed E-state index contributed by atoms with van der Waals surface area (Å²) in [6.45, 7) is 5.53. The van der Waals surface area contributed by atoms with Crippen LogP contribution in [0.5, 0.6) is 0 Å². The van der Waals surface area contributed by atoms with E-state index in [-0.39, 0.29) is 42.8 Å². The van der Waals surface area contributed by atoms with E-state index in [1.165, 1.54) is 6.42 Å². The number of carbonyl (C=O) groups excluding carboxylic acids is 1. The molecule has 0 aromatic carbocycles. The van der Waals surface area contributed by atoms with E-state index in [0.29, 0.717) is 0 Å². The Kier molecular flexibility index (Phi) is 10.5. The van der Waals surface area contributed by atoms with Gasteiger partial charge in [0.05, 0.1) is 6.20 Å². The van der Waals surface area contributed by atoms with Gasteiger partial charge in [-0.05, 0) is 32.9 Å². The molecule has 0 saturated carbocycles. The summed E-state index contributed by atoms with van der Waals surface area (Å²) in [5, 5.41) is 10.4. The lowest BCUT2D eigenvalue weighted by Gasteiger charge is -2.32. The first-order valence-corrected chi connectivity index (χ1v) is 7.82. The van der Waals surface area contributed by atoms with Gasteiger partial charge in [0.1, 0.15) is 6.04 Å². The van der Waals surface area contributed by atoms with Crippen LogP contribution in [0.25, 0.3) is 0 Å². The molecule has 1 fully saturated rings. The molecular formula is C15H29Cl2N5O. The van der Waals surface area contributed by atoms with Crippen LogP contribution in [0.1, 0.15) is 37.8 Å². The molecule has 8 heteroatoms. The molecule has 1 atom stereocenters. The van der Waals surface area contributed by atoms with E-state index in [1.54, 1.807) is 17.9 Å². The molecule has 6 nitrogen and oxygen atoms in total. The van der Waals surface area contributed by atoms with Gasteiger partial charge in [-0.25, -0.2) is 0 Å². The first-order chi connectivity index (χ1) is 10.1. The quantitative estimate of drug-likeness (QED) is 0.801. The van der Waals surface area contributed by atoms with Crippen molar-refractivity contribution in [1.29, 1.82) is 0 Å². The van der Waals surface area contributed by atoms with E-state index in [4.69, 9.17) is 0 Å². The second-order valence-corrected chi connectivity index (χ2v) is 5.79. The summed E-state index contributed by atoms with van der Waals surface area (Å²) in [5.41, 5.74) is 0.904. The topological polar surface area (TPSA) is 62.2 Å². The average Bonchev–Trinajstić information content (AvgIpc) is 2.88. The number of likely N-dealkylation sites (N-methyl/N-ethyl adjacent to an activating group) is 1. The molecule has 23 heavy (non-hydrogen) atoms. The normalized spacial score (nSPS) is 17.0. The Morgan fingerprint density at radius 2 is 2.04 bits per heavy atom. The van der Waals surface area contributed by atoms with Crippen LogP contribution < -0.4 is 10.6 Å². The maximum absolute atomic E-state index is 12.4. The molecule has 1 aromatic rings. The van der Waals surface area contributed by atoms with Gasteiger partial charge in [0.2, 0.25) is 5.91 Å². The molecule has 1 unspecified atom stereocenters. The van der Waals surface area contributed by atoms with Gasteiger partial charge in [-0.3, -0.25) is 9.48 Å². The lowest BCUT2D eigenvalue weighted by Crippen LogP contribution is -2.47. The van der Waals surface area contributed by atoms with Crippen LogP contribution >= 0.6 is 24.8 Å². The summed E-state index contributed by atoms with van der Waals surface area (Å²) < 4.78 is 1.72. The fourth-order valence-electron chi connectivity index (χ4n) is 2.94. The van der Waals surface area contributed by atoms with E-state index in [2.05, 4.69) is 27.6 Å². The van der Waals surface area contributed by atoms with Gasteiger partial charge >= 0.3 is 0 Å². The van der Waals surface area contributed by atoms with Crippen molar-refractivity contribution in [3.63, 3.8) is 0 Å². The minimum Gasteiger partial charge on any atom is -0.352 e. The molecule has 0 spiro atoms. The molecule has 134 valence electrons. The zero-order valence-electron chi connectivity index (χ0n) is 14.1. The molecule has 1 aliphatic heterocycles. The summed E-state index contributed by atoms with van der Waals surface area (Å²) in [6, 6.07) is -0.0366. The highest BCUT2D eigenvalue weighted by Crippen LogP contribution is 2.15. The second-order valence-electron chi connectivity index (χ2n) is 5.79. The van der Waals surface area contributed by atoms with Crippen molar-refractivity contribution in [3.05, 3.63) is 18.0 Å². The third kappa shape index (κ3) is 6.30. The van der Waals surface area contributed by atoms with Crippen LogP contribution in [0, 0.1) is 0 Å². The van der Waals surface area contributed by atoms with E-state index < -0.39 is 0 Å². The fraction of sp³-hybridized carbons (Fsp3) is 0.733. The summed E-state index contributed by atoms with van der Waals surface area (Å²) >= 11 is 0. The van der Waals surface area contributed by atoms with Crippen molar-refractivity contribution in [3.8, 4) is 0 Å². The van der Waals surface area contributed by atoms with Gasteiger partial charge in [0.25, 0.3) is 0 Å². The average molecular weight is 366 g/mol. The van der Waals surface area contributed by atoms with Gasteiger partial charge < -0.3 is 15.5 Å². The molecule has 2 heterocycles. The summed E-state index contributed by atoms with van der Waals surface area (Å²) in [7, 11) is 3.67. The highest BCUT2D eigenvalue weighted by molar-refractivity contribution is 5.85. The maximum Gasteiger partial charge on any atom is 0.242 e. The summed E-state index contributed by atoms with van der Waals surface area (Å²) in [6.07, 6.45) is 6.89. The number of piperidine rings is 1. The number of likely N-dealkylation sites (tertiary alicyclic amines) is 1. The third-order valence-electron chi connectivity index (χ3n) is 4.08. The van der Waals surface area contributed by atoms with Crippen LogP contribution in [0.15, 0.2) is 12.4 Å². The highest BCUT2D eigenvalue weighted by Gasteiger charge is 2.25. The first-order valence-electron chi connectivity index (χ1n) is 7.82. The minimum absolute atomic E-state index is 0. The molecule has 2 N–H and O–H groups in total. The van der Waals surface area contributed by atoms with Crippen molar-refractivity contribution in [2.75, 3.05) is 26.7 Å². The van der Waals surface area contributed by atoms with Crippen LogP contribution in [0.3, 0.4) is 0 Å². The van der Waals surface area contributed by atoms with Crippen molar-refractivity contribution < 1.29 is 4.79 Å². The van der Waals surface area contributed by atoms with Gasteiger partial charge in [0, 0.05) is 37.9 Å². The molecule has 0 bridgehead atoms. The summed E-state index contributed by atoms with van der Waals surface area (Å²) in [5.74, 6) is 0.0411. The van der Waals surface area contributed by atoms with Crippen LogP contribution in [0.4, 0.5) is 0 Å². The molecule has 1 aliphatic rings. The standard InChI is InChI=1S/C15H27N5O.2ClH/c1-4-7-20-8-5-13(6-9-20)18-15(21)14(16-2)12-10-17-19(3)11-12;;/h10-11,13-14,16H,4-9H2,1-3H3,(H,18,21);2*1H. The Balaban J connectivity index is 0.00000242. The van der Waals surface area contributed by atoms with E-state index in [1.807, 2.05) is 13.2 Å². The first kappa shape index (κ1) is 22.2. The van der Waals surface area contributed by atoms with E-state index in [9.17, 15) is 4.79 Å². The number of amides is 1. The number of halogens is 2. The van der Waals surface area contributed by atoms with Crippen LogP contribution in [0.2, 0.25) is 0 Å². The van der Waals surface area contributed by atoms with Crippen molar-refractivity contribution in [2.45, 2.75) is 38.3 Å². The van der Waals surface area contributed by atoms with Crippen LogP contribution in [-0.4, -0.2) is 53.3 Å². The Bertz CT molecular complexity index is 460. The second kappa shape index (κ2) is 10.9. The lowest BCUT2D eigenvalue weighted by molar-refractivity contribution is -0.124. The number of carbonyl (C=O) groups is 1. The number of nitrogens with one attached hydrogen (secondary N) is 2.